The molecule has 0 aromatic rings. The third-order valence-corrected chi connectivity index (χ3v) is 3.07. The molecule has 1 aliphatic carbocycles. The quantitative estimate of drug-likeness (QED) is 0.512. The number of hydrogen-bond acceptors (Lipinski definition) is 2. The minimum atomic E-state index is -0.135. The van der Waals surface area contributed by atoms with E-state index in [0.717, 1.165) is 30.3 Å². The van der Waals surface area contributed by atoms with Gasteiger partial charge in [-0.3, -0.25) is 0 Å². The molecule has 1 saturated carbocycles. The summed E-state index contributed by atoms with van der Waals surface area (Å²) in [6, 6.07) is 0. The highest BCUT2D eigenvalue weighted by atomic mass is 16.5. The molecule has 0 N–H and O–H groups in total. The molecule has 0 atom stereocenters. The van der Waals surface area contributed by atoms with Gasteiger partial charge in [-0.05, 0) is 38.5 Å². The van der Waals surface area contributed by atoms with Crippen LogP contribution < -0.4 is 0 Å². The van der Waals surface area contributed by atoms with Crippen LogP contribution in [0.2, 0.25) is 0 Å². The normalized spacial score (nSPS) is 20.6. The molecule has 0 radical (unpaired) electrons. The van der Waals surface area contributed by atoms with Crippen LogP contribution in [-0.4, -0.2) is 12.6 Å². The average Bonchev–Trinajstić information content (AvgIpc) is 2.00. The number of ether oxygens (including phenoxy) is 1. The number of allylic oxidation sites excluding steroid dienone is 1. The van der Waals surface area contributed by atoms with E-state index in [-0.39, 0.29) is 5.97 Å². The molecule has 0 aromatic carbocycles. The van der Waals surface area contributed by atoms with Gasteiger partial charge in [0.05, 0.1) is 6.61 Å². The van der Waals surface area contributed by atoms with Crippen molar-refractivity contribution in [2.24, 2.45) is 11.8 Å². The lowest BCUT2D eigenvalue weighted by molar-refractivity contribution is -0.138. The second kappa shape index (κ2) is 4.63. The van der Waals surface area contributed by atoms with Gasteiger partial charge >= 0.3 is 5.97 Å². The predicted octanol–water partition coefficient (Wildman–Crippen LogP) is 2.93. The van der Waals surface area contributed by atoms with E-state index in [1.807, 2.05) is 13.8 Å². The first kappa shape index (κ1) is 11.3. The van der Waals surface area contributed by atoms with Crippen LogP contribution in [0.1, 0.15) is 40.5 Å². The van der Waals surface area contributed by atoms with Crippen molar-refractivity contribution >= 4 is 5.97 Å². The van der Waals surface area contributed by atoms with Gasteiger partial charge in [0, 0.05) is 5.57 Å². The molecule has 2 heteroatoms. The Morgan fingerprint density at radius 2 is 2.07 bits per heavy atom. The van der Waals surface area contributed by atoms with E-state index in [4.69, 9.17) is 4.74 Å². The molecule has 1 aliphatic rings. The molecule has 0 aromatic heterocycles. The van der Waals surface area contributed by atoms with Gasteiger partial charge in [0.2, 0.25) is 0 Å². The van der Waals surface area contributed by atoms with Gasteiger partial charge in [-0.1, -0.05) is 19.4 Å². The maximum absolute atomic E-state index is 11.4. The molecular formula is C12H20O2. The summed E-state index contributed by atoms with van der Waals surface area (Å²) < 4.78 is 4.96. The molecule has 0 unspecified atom stereocenters. The van der Waals surface area contributed by atoms with E-state index in [2.05, 4.69) is 13.8 Å². The number of esters is 1. The summed E-state index contributed by atoms with van der Waals surface area (Å²) in [6.07, 6.45) is 2.17. The van der Waals surface area contributed by atoms with E-state index in [0.29, 0.717) is 6.61 Å². The van der Waals surface area contributed by atoms with Gasteiger partial charge in [0.15, 0.2) is 0 Å². The second-order valence-electron chi connectivity index (χ2n) is 4.36. The molecule has 0 amide bonds. The van der Waals surface area contributed by atoms with Crippen LogP contribution in [-0.2, 0) is 9.53 Å². The maximum atomic E-state index is 11.4. The Balaban J connectivity index is 2.49. The number of carbonyl (C=O) groups excluding carboxylic acids is 1. The zero-order valence-electron chi connectivity index (χ0n) is 9.59. The molecular weight excluding hydrogens is 176 g/mol. The van der Waals surface area contributed by atoms with Crippen LogP contribution in [0.4, 0.5) is 0 Å². The summed E-state index contributed by atoms with van der Waals surface area (Å²) >= 11 is 0. The summed E-state index contributed by atoms with van der Waals surface area (Å²) in [5.74, 6) is 1.37. The largest absolute Gasteiger partial charge is 0.463 e. The third-order valence-electron chi connectivity index (χ3n) is 3.07. The van der Waals surface area contributed by atoms with Crippen molar-refractivity contribution in [1.82, 2.24) is 0 Å². The number of rotatable bonds is 3. The van der Waals surface area contributed by atoms with Crippen LogP contribution in [0.15, 0.2) is 11.1 Å². The van der Waals surface area contributed by atoms with Crippen molar-refractivity contribution < 1.29 is 9.53 Å². The van der Waals surface area contributed by atoms with Crippen molar-refractivity contribution in [2.45, 2.75) is 40.5 Å². The molecule has 0 aliphatic heterocycles. The van der Waals surface area contributed by atoms with Crippen LogP contribution in [0.25, 0.3) is 0 Å². The van der Waals surface area contributed by atoms with Crippen molar-refractivity contribution in [3.8, 4) is 0 Å². The van der Waals surface area contributed by atoms with Gasteiger partial charge in [-0.25, -0.2) is 4.79 Å². The molecule has 0 bridgehead atoms. The molecule has 80 valence electrons. The fourth-order valence-electron chi connectivity index (χ4n) is 1.73. The molecule has 0 saturated heterocycles. The Morgan fingerprint density at radius 3 is 2.50 bits per heavy atom. The summed E-state index contributed by atoms with van der Waals surface area (Å²) in [5, 5.41) is 0. The Bertz CT molecular complexity index is 243. The van der Waals surface area contributed by atoms with Crippen LogP contribution >= 0.6 is 0 Å². The zero-order chi connectivity index (χ0) is 10.7. The third kappa shape index (κ3) is 2.37. The molecule has 0 spiro atoms. The van der Waals surface area contributed by atoms with E-state index in [9.17, 15) is 4.79 Å². The SMILES string of the molecule is CCOC(=O)C(C)=C1CC(C(C)C)C1. The second-order valence-corrected chi connectivity index (χ2v) is 4.36. The monoisotopic (exact) mass is 196 g/mol. The van der Waals surface area contributed by atoms with Crippen molar-refractivity contribution in [2.75, 3.05) is 6.61 Å². The van der Waals surface area contributed by atoms with Crippen LogP contribution in [0.3, 0.4) is 0 Å². The molecule has 1 rings (SSSR count). The van der Waals surface area contributed by atoms with Crippen molar-refractivity contribution in [3.63, 3.8) is 0 Å². The van der Waals surface area contributed by atoms with Crippen LogP contribution in [0.5, 0.6) is 0 Å². The van der Waals surface area contributed by atoms with E-state index < -0.39 is 0 Å². The summed E-state index contributed by atoms with van der Waals surface area (Å²) in [4.78, 5) is 11.4. The molecule has 14 heavy (non-hydrogen) atoms. The Morgan fingerprint density at radius 1 is 1.50 bits per heavy atom. The van der Waals surface area contributed by atoms with Gasteiger partial charge in [-0.15, -0.1) is 0 Å². The maximum Gasteiger partial charge on any atom is 0.333 e. The minimum Gasteiger partial charge on any atom is -0.463 e. The fraction of sp³-hybridized carbons (Fsp3) is 0.750. The van der Waals surface area contributed by atoms with Crippen LogP contribution in [0, 0.1) is 11.8 Å². The lowest BCUT2D eigenvalue weighted by atomic mass is 9.72. The van der Waals surface area contributed by atoms with Crippen molar-refractivity contribution in [1.29, 1.82) is 0 Å². The molecule has 0 heterocycles. The average molecular weight is 196 g/mol. The fourth-order valence-corrected chi connectivity index (χ4v) is 1.73. The minimum absolute atomic E-state index is 0.135. The van der Waals surface area contributed by atoms with Gasteiger partial charge in [0.25, 0.3) is 0 Å². The molecule has 1 fully saturated rings. The van der Waals surface area contributed by atoms with Gasteiger partial charge < -0.3 is 4.74 Å². The Kier molecular flexibility index (Phi) is 3.73. The standard InChI is InChI=1S/C12H20O2/c1-5-14-12(13)9(4)11-6-10(7-11)8(2)3/h8,10H,5-7H2,1-4H3. The first-order valence-electron chi connectivity index (χ1n) is 5.42. The summed E-state index contributed by atoms with van der Waals surface area (Å²) in [5.41, 5.74) is 2.13. The highest BCUT2D eigenvalue weighted by molar-refractivity contribution is 5.88. The zero-order valence-corrected chi connectivity index (χ0v) is 9.59. The molecule has 2 nitrogen and oxygen atoms in total. The Hall–Kier alpha value is -0.790. The first-order chi connectivity index (χ1) is 6.56. The highest BCUT2D eigenvalue weighted by Gasteiger charge is 2.28. The lowest BCUT2D eigenvalue weighted by Crippen LogP contribution is -2.23. The van der Waals surface area contributed by atoms with E-state index in [1.165, 1.54) is 5.57 Å². The summed E-state index contributed by atoms with van der Waals surface area (Å²) in [7, 11) is 0. The first-order valence-corrected chi connectivity index (χ1v) is 5.42. The van der Waals surface area contributed by atoms with E-state index in [1.54, 1.807) is 0 Å². The van der Waals surface area contributed by atoms with Gasteiger partial charge in [-0.2, -0.15) is 0 Å². The topological polar surface area (TPSA) is 26.3 Å². The van der Waals surface area contributed by atoms with E-state index >= 15 is 0 Å². The highest BCUT2D eigenvalue weighted by Crippen LogP contribution is 2.40. The number of hydrogen-bond donors (Lipinski definition) is 0. The predicted molar refractivity (Wildman–Crippen MR) is 56.9 cm³/mol. The smallest absolute Gasteiger partial charge is 0.333 e. The number of carbonyl (C=O) groups is 1. The van der Waals surface area contributed by atoms with Crippen molar-refractivity contribution in [3.05, 3.63) is 11.1 Å². The lowest BCUT2D eigenvalue weighted by Gasteiger charge is -2.33. The Labute approximate surface area is 86.3 Å². The summed E-state index contributed by atoms with van der Waals surface area (Å²) in [6.45, 7) is 8.66. The van der Waals surface area contributed by atoms with Gasteiger partial charge in [0.1, 0.15) is 0 Å².